The van der Waals surface area contributed by atoms with E-state index in [2.05, 4.69) is 0 Å². The fourth-order valence-electron chi connectivity index (χ4n) is 2.81. The molecular weight excluding hydrogens is 280 g/mol. The first-order valence-corrected chi connectivity index (χ1v) is 7.26. The normalized spacial score (nSPS) is 22.1. The Kier molecular flexibility index (Phi) is 3.46. The first-order valence-electron chi connectivity index (χ1n) is 6.88. The number of nitrogens with zero attached hydrogens (tertiary/aromatic N) is 2. The number of carbonyl (C=O) groups is 2. The maximum absolute atomic E-state index is 12.7. The molecule has 1 aliphatic carbocycles. The Hall–Kier alpha value is -1.49. The van der Waals surface area contributed by atoms with Crippen LogP contribution >= 0.6 is 11.6 Å². The van der Waals surface area contributed by atoms with Crippen molar-refractivity contribution >= 4 is 23.5 Å². The van der Waals surface area contributed by atoms with E-state index in [1.165, 1.54) is 7.11 Å². The summed E-state index contributed by atoms with van der Waals surface area (Å²) in [5, 5.41) is 0.564. The van der Waals surface area contributed by atoms with Crippen LogP contribution in [-0.4, -0.2) is 41.0 Å². The lowest BCUT2D eigenvalue weighted by Crippen LogP contribution is -2.41. The highest BCUT2D eigenvalue weighted by Gasteiger charge is 2.37. The van der Waals surface area contributed by atoms with Crippen LogP contribution in [0, 0.1) is 0 Å². The van der Waals surface area contributed by atoms with Gasteiger partial charge in [0, 0.05) is 18.8 Å². The Morgan fingerprint density at radius 2 is 2.10 bits per heavy atom. The summed E-state index contributed by atoms with van der Waals surface area (Å²) in [4.78, 5) is 26.0. The first kappa shape index (κ1) is 13.5. The van der Waals surface area contributed by atoms with Crippen LogP contribution < -0.4 is 0 Å². The average molecular weight is 297 g/mol. The van der Waals surface area contributed by atoms with E-state index >= 15 is 0 Å². The summed E-state index contributed by atoms with van der Waals surface area (Å²) in [6.45, 7) is 0.589. The van der Waals surface area contributed by atoms with Crippen molar-refractivity contribution in [3.63, 3.8) is 0 Å². The third-order valence-corrected chi connectivity index (χ3v) is 4.17. The Morgan fingerprint density at radius 1 is 1.35 bits per heavy atom. The highest BCUT2D eigenvalue weighted by molar-refractivity contribution is 6.31. The number of halogens is 1. The molecule has 108 valence electrons. The Balaban J connectivity index is 1.86. The summed E-state index contributed by atoms with van der Waals surface area (Å²) in [6.07, 6.45) is 5.44. The van der Waals surface area contributed by atoms with Crippen LogP contribution in [0.15, 0.2) is 12.3 Å². The largest absolute Gasteiger partial charge is 0.467 e. The van der Waals surface area contributed by atoms with Gasteiger partial charge in [0.25, 0.3) is 5.91 Å². The SMILES string of the molecule is COC(=O)C1CCCN1C(=O)c1cc(Cl)cn1C1CC1. The molecule has 1 saturated carbocycles. The molecule has 0 bridgehead atoms. The van der Waals surface area contributed by atoms with E-state index in [4.69, 9.17) is 16.3 Å². The molecule has 20 heavy (non-hydrogen) atoms. The monoisotopic (exact) mass is 296 g/mol. The lowest BCUT2D eigenvalue weighted by Gasteiger charge is -2.23. The average Bonchev–Trinajstić information content (AvgIpc) is 3.03. The number of likely N-dealkylation sites (tertiary alicyclic amines) is 1. The Labute approximate surface area is 122 Å². The molecule has 5 nitrogen and oxygen atoms in total. The van der Waals surface area contributed by atoms with Crippen molar-refractivity contribution in [2.75, 3.05) is 13.7 Å². The van der Waals surface area contributed by atoms with E-state index in [0.717, 1.165) is 19.3 Å². The van der Waals surface area contributed by atoms with E-state index in [9.17, 15) is 9.59 Å². The molecule has 1 aromatic rings. The molecule has 1 amide bonds. The quantitative estimate of drug-likeness (QED) is 0.804. The van der Waals surface area contributed by atoms with Gasteiger partial charge < -0.3 is 14.2 Å². The lowest BCUT2D eigenvalue weighted by molar-refractivity contribution is -0.145. The van der Waals surface area contributed by atoms with Crippen molar-refractivity contribution in [2.45, 2.75) is 37.8 Å². The highest BCUT2D eigenvalue weighted by Crippen LogP contribution is 2.38. The van der Waals surface area contributed by atoms with E-state index in [1.54, 1.807) is 17.2 Å². The Morgan fingerprint density at radius 3 is 2.75 bits per heavy atom. The van der Waals surface area contributed by atoms with Crippen LogP contribution in [0.5, 0.6) is 0 Å². The van der Waals surface area contributed by atoms with Gasteiger partial charge >= 0.3 is 5.97 Å². The summed E-state index contributed by atoms with van der Waals surface area (Å²) in [5.74, 6) is -0.469. The molecule has 3 rings (SSSR count). The van der Waals surface area contributed by atoms with E-state index < -0.39 is 6.04 Å². The molecule has 1 aromatic heterocycles. The van der Waals surface area contributed by atoms with Crippen molar-refractivity contribution in [1.29, 1.82) is 0 Å². The van der Waals surface area contributed by atoms with E-state index in [-0.39, 0.29) is 11.9 Å². The van der Waals surface area contributed by atoms with Crippen molar-refractivity contribution in [2.24, 2.45) is 0 Å². The van der Waals surface area contributed by atoms with Crippen LogP contribution in [0.1, 0.15) is 42.2 Å². The van der Waals surface area contributed by atoms with E-state index in [0.29, 0.717) is 29.7 Å². The van der Waals surface area contributed by atoms with Crippen LogP contribution in [-0.2, 0) is 9.53 Å². The van der Waals surface area contributed by atoms with Gasteiger partial charge in [0.15, 0.2) is 0 Å². The number of ether oxygens (including phenoxy) is 1. The standard InChI is InChI=1S/C14H17ClN2O3/c1-20-14(19)11-3-2-6-16(11)13(18)12-7-9(15)8-17(12)10-4-5-10/h7-8,10-11H,2-6H2,1H3. The minimum atomic E-state index is -0.464. The maximum Gasteiger partial charge on any atom is 0.328 e. The van der Waals surface area contributed by atoms with Crippen molar-refractivity contribution < 1.29 is 14.3 Å². The Bertz CT molecular complexity index is 551. The number of esters is 1. The number of hydrogen-bond donors (Lipinski definition) is 0. The number of aromatic nitrogens is 1. The fraction of sp³-hybridized carbons (Fsp3) is 0.571. The summed E-state index contributed by atoms with van der Waals surface area (Å²) >= 11 is 6.03. The van der Waals surface area contributed by atoms with Gasteiger partial charge in [0.2, 0.25) is 0 Å². The zero-order valence-electron chi connectivity index (χ0n) is 11.3. The minimum Gasteiger partial charge on any atom is -0.467 e. The maximum atomic E-state index is 12.7. The van der Waals surface area contributed by atoms with E-state index in [1.807, 2.05) is 4.57 Å². The second kappa shape index (κ2) is 5.13. The molecule has 2 heterocycles. The lowest BCUT2D eigenvalue weighted by atomic mass is 10.2. The van der Waals surface area contributed by atoms with Gasteiger partial charge in [0.1, 0.15) is 11.7 Å². The summed E-state index contributed by atoms with van der Waals surface area (Å²) in [7, 11) is 1.35. The summed E-state index contributed by atoms with van der Waals surface area (Å²) in [6, 6.07) is 1.60. The minimum absolute atomic E-state index is 0.128. The molecular formula is C14H17ClN2O3. The zero-order chi connectivity index (χ0) is 14.3. The number of rotatable bonds is 3. The highest BCUT2D eigenvalue weighted by atomic mass is 35.5. The molecule has 2 aliphatic rings. The van der Waals surface area contributed by atoms with Crippen molar-refractivity contribution in [1.82, 2.24) is 9.47 Å². The molecule has 1 aliphatic heterocycles. The first-order chi connectivity index (χ1) is 9.61. The van der Waals surface area contributed by atoms with Crippen LogP contribution in [0.3, 0.4) is 0 Å². The van der Waals surface area contributed by atoms with Gasteiger partial charge in [-0.05, 0) is 31.7 Å². The van der Waals surface area contributed by atoms with Gasteiger partial charge in [-0.25, -0.2) is 4.79 Å². The van der Waals surface area contributed by atoms with Gasteiger partial charge in [-0.15, -0.1) is 0 Å². The molecule has 1 atom stereocenters. The zero-order valence-corrected chi connectivity index (χ0v) is 12.1. The molecule has 0 spiro atoms. The van der Waals surface area contributed by atoms with Crippen LogP contribution in [0.2, 0.25) is 5.02 Å². The molecule has 1 unspecified atom stereocenters. The number of methoxy groups -OCH3 is 1. The predicted molar refractivity (Wildman–Crippen MR) is 73.8 cm³/mol. The van der Waals surface area contributed by atoms with Crippen LogP contribution in [0.4, 0.5) is 0 Å². The van der Waals surface area contributed by atoms with Crippen molar-refractivity contribution in [3.8, 4) is 0 Å². The molecule has 0 aromatic carbocycles. The smallest absolute Gasteiger partial charge is 0.328 e. The second-order valence-corrected chi connectivity index (χ2v) is 5.80. The number of hydrogen-bond acceptors (Lipinski definition) is 3. The molecule has 6 heteroatoms. The number of carbonyl (C=O) groups excluding carboxylic acids is 2. The number of amides is 1. The predicted octanol–water partition coefficient (Wildman–Crippen LogP) is 2.25. The molecule has 0 radical (unpaired) electrons. The van der Waals surface area contributed by atoms with Crippen LogP contribution in [0.25, 0.3) is 0 Å². The van der Waals surface area contributed by atoms with Crippen molar-refractivity contribution in [3.05, 3.63) is 23.0 Å². The molecule has 2 fully saturated rings. The molecule has 0 N–H and O–H groups in total. The second-order valence-electron chi connectivity index (χ2n) is 5.36. The topological polar surface area (TPSA) is 51.5 Å². The summed E-state index contributed by atoms with van der Waals surface area (Å²) in [5.41, 5.74) is 0.577. The fourth-order valence-corrected chi connectivity index (χ4v) is 3.02. The third kappa shape index (κ3) is 2.30. The summed E-state index contributed by atoms with van der Waals surface area (Å²) < 4.78 is 6.72. The van der Waals surface area contributed by atoms with Gasteiger partial charge in [0.05, 0.1) is 12.1 Å². The molecule has 1 saturated heterocycles. The van der Waals surface area contributed by atoms with Gasteiger partial charge in [-0.3, -0.25) is 4.79 Å². The van der Waals surface area contributed by atoms with Gasteiger partial charge in [-0.1, -0.05) is 11.6 Å². The van der Waals surface area contributed by atoms with Gasteiger partial charge in [-0.2, -0.15) is 0 Å². The third-order valence-electron chi connectivity index (χ3n) is 3.96.